The molecule has 0 spiro atoms. The number of amides is 1. The number of nitrogen functional groups attached to an aromatic ring is 1. The van der Waals surface area contributed by atoms with Crippen molar-refractivity contribution >= 4 is 22.8 Å². The van der Waals surface area contributed by atoms with E-state index in [-0.39, 0.29) is 11.9 Å². The summed E-state index contributed by atoms with van der Waals surface area (Å²) < 4.78 is 7.86. The van der Waals surface area contributed by atoms with Gasteiger partial charge in [0.1, 0.15) is 29.3 Å². The number of nitrogens with two attached hydrogens (primary N) is 1. The van der Waals surface area contributed by atoms with E-state index in [1.165, 1.54) is 25.6 Å². The number of anilines is 1. The van der Waals surface area contributed by atoms with Crippen LogP contribution in [0.5, 0.6) is 11.5 Å². The van der Waals surface area contributed by atoms with Gasteiger partial charge in [-0.3, -0.25) is 9.69 Å². The number of hydrogen-bond donors (Lipinski definition) is 1. The standard InChI is InChI=1S/C30H33N7O2/c1-35(22-7-5-8-22)17-6-11-26(38)36-18-16-23(19-36)37-30-27(29(31)32-20-33-30)28(34-37)21-12-14-25(15-13-21)39-24-9-3-2-4-10-24/h2-4,6,9-15,20,22-23H,5,7-8,16-19H2,1H3,(H2,31,32,33)/t23-/m1/s1. The molecule has 0 bridgehead atoms. The second-order valence-corrected chi connectivity index (χ2v) is 10.3. The maximum atomic E-state index is 12.9. The van der Waals surface area contributed by atoms with E-state index in [2.05, 4.69) is 21.9 Å². The van der Waals surface area contributed by atoms with Gasteiger partial charge in [-0.15, -0.1) is 0 Å². The first-order chi connectivity index (χ1) is 19.1. The molecule has 1 aliphatic carbocycles. The number of likely N-dealkylation sites (N-methyl/N-ethyl adjacent to an activating group) is 1. The Morgan fingerprint density at radius 1 is 1.08 bits per heavy atom. The minimum absolute atomic E-state index is 0.00578. The summed E-state index contributed by atoms with van der Waals surface area (Å²) in [5, 5.41) is 5.68. The predicted octanol–water partition coefficient (Wildman–Crippen LogP) is 4.68. The fraction of sp³-hybridized carbons (Fsp3) is 0.333. The van der Waals surface area contributed by atoms with Gasteiger partial charge in [0.15, 0.2) is 5.65 Å². The number of fused-ring (bicyclic) bond motifs is 1. The number of carbonyl (C=O) groups excluding carboxylic acids is 1. The zero-order valence-electron chi connectivity index (χ0n) is 22.1. The molecule has 3 heterocycles. The van der Waals surface area contributed by atoms with Gasteiger partial charge in [0.2, 0.25) is 5.91 Å². The zero-order chi connectivity index (χ0) is 26.8. The molecule has 1 aliphatic heterocycles. The molecular formula is C30H33N7O2. The third kappa shape index (κ3) is 5.22. The molecule has 9 nitrogen and oxygen atoms in total. The maximum Gasteiger partial charge on any atom is 0.246 e. The predicted molar refractivity (Wildman–Crippen MR) is 151 cm³/mol. The molecule has 2 N–H and O–H groups in total. The van der Waals surface area contributed by atoms with Gasteiger partial charge < -0.3 is 15.4 Å². The van der Waals surface area contributed by atoms with Gasteiger partial charge in [-0.1, -0.05) is 30.7 Å². The largest absolute Gasteiger partial charge is 0.457 e. The highest BCUT2D eigenvalue weighted by Gasteiger charge is 2.30. The molecule has 4 aromatic rings. The molecule has 1 saturated carbocycles. The summed E-state index contributed by atoms with van der Waals surface area (Å²) in [6.07, 6.45) is 9.78. The van der Waals surface area contributed by atoms with E-state index in [0.717, 1.165) is 41.1 Å². The first-order valence-electron chi connectivity index (χ1n) is 13.5. The zero-order valence-corrected chi connectivity index (χ0v) is 22.1. The van der Waals surface area contributed by atoms with Crippen LogP contribution < -0.4 is 10.5 Å². The van der Waals surface area contributed by atoms with Crippen LogP contribution in [0.2, 0.25) is 0 Å². The molecule has 1 saturated heterocycles. The number of likely N-dealkylation sites (tertiary alicyclic amines) is 1. The van der Waals surface area contributed by atoms with Crippen LogP contribution in [0.3, 0.4) is 0 Å². The number of hydrogen-bond acceptors (Lipinski definition) is 7. The van der Waals surface area contributed by atoms with Crippen LogP contribution in [0.1, 0.15) is 31.7 Å². The smallest absolute Gasteiger partial charge is 0.246 e. The highest BCUT2D eigenvalue weighted by atomic mass is 16.5. The van der Waals surface area contributed by atoms with E-state index in [1.54, 1.807) is 6.08 Å². The lowest BCUT2D eigenvalue weighted by molar-refractivity contribution is -0.125. The molecular weight excluding hydrogens is 490 g/mol. The minimum atomic E-state index is 0.00578. The Balaban J connectivity index is 1.19. The number of para-hydroxylation sites is 1. The number of ether oxygens (including phenoxy) is 1. The van der Waals surface area contributed by atoms with Gasteiger partial charge in [0.05, 0.1) is 11.4 Å². The summed E-state index contributed by atoms with van der Waals surface area (Å²) in [6, 6.07) is 18.1. The topological polar surface area (TPSA) is 102 Å². The molecule has 39 heavy (non-hydrogen) atoms. The van der Waals surface area contributed by atoms with E-state index in [0.29, 0.717) is 30.6 Å². The molecule has 9 heteroatoms. The number of rotatable bonds is 8. The van der Waals surface area contributed by atoms with Gasteiger partial charge in [0, 0.05) is 37.3 Å². The minimum Gasteiger partial charge on any atom is -0.457 e. The van der Waals surface area contributed by atoms with Crippen LogP contribution in [-0.2, 0) is 4.79 Å². The van der Waals surface area contributed by atoms with Crippen LogP contribution >= 0.6 is 0 Å². The second-order valence-electron chi connectivity index (χ2n) is 10.3. The summed E-state index contributed by atoms with van der Waals surface area (Å²) in [4.78, 5) is 25.9. The van der Waals surface area contributed by atoms with Crippen LogP contribution in [-0.4, -0.2) is 68.2 Å². The Hall–Kier alpha value is -4.24. The van der Waals surface area contributed by atoms with Crippen molar-refractivity contribution < 1.29 is 9.53 Å². The van der Waals surface area contributed by atoms with Gasteiger partial charge in [0.25, 0.3) is 0 Å². The summed E-state index contributed by atoms with van der Waals surface area (Å²) in [6.45, 7) is 2.05. The molecule has 6 rings (SSSR count). The number of aromatic nitrogens is 4. The van der Waals surface area contributed by atoms with E-state index in [9.17, 15) is 4.79 Å². The molecule has 2 aromatic carbocycles. The first-order valence-corrected chi connectivity index (χ1v) is 13.5. The molecule has 1 atom stereocenters. The highest BCUT2D eigenvalue weighted by Crippen LogP contribution is 2.35. The molecule has 200 valence electrons. The van der Waals surface area contributed by atoms with Crippen molar-refractivity contribution in [1.29, 1.82) is 0 Å². The second kappa shape index (κ2) is 10.9. The van der Waals surface area contributed by atoms with E-state index in [1.807, 2.05) is 70.3 Å². The summed E-state index contributed by atoms with van der Waals surface area (Å²) in [7, 11) is 2.13. The Morgan fingerprint density at radius 3 is 2.59 bits per heavy atom. The number of benzene rings is 2. The highest BCUT2D eigenvalue weighted by molar-refractivity contribution is 5.98. The van der Waals surface area contributed by atoms with Gasteiger partial charge in [-0.25, -0.2) is 14.6 Å². The van der Waals surface area contributed by atoms with Crippen molar-refractivity contribution in [2.24, 2.45) is 0 Å². The Kier molecular flexibility index (Phi) is 6.98. The average molecular weight is 524 g/mol. The van der Waals surface area contributed by atoms with Crippen molar-refractivity contribution in [3.05, 3.63) is 73.1 Å². The van der Waals surface area contributed by atoms with Gasteiger partial charge in [-0.05, 0) is 62.7 Å². The van der Waals surface area contributed by atoms with Crippen LogP contribution in [0.4, 0.5) is 5.82 Å². The lowest BCUT2D eigenvalue weighted by Crippen LogP contribution is -2.37. The number of nitrogens with zero attached hydrogens (tertiary/aromatic N) is 6. The van der Waals surface area contributed by atoms with Crippen LogP contribution in [0.25, 0.3) is 22.3 Å². The van der Waals surface area contributed by atoms with Crippen molar-refractivity contribution in [1.82, 2.24) is 29.5 Å². The quantitative estimate of drug-likeness (QED) is 0.335. The van der Waals surface area contributed by atoms with Crippen LogP contribution in [0, 0.1) is 0 Å². The monoisotopic (exact) mass is 523 g/mol. The molecule has 0 radical (unpaired) electrons. The van der Waals surface area contributed by atoms with E-state index >= 15 is 0 Å². The molecule has 2 aliphatic rings. The summed E-state index contributed by atoms with van der Waals surface area (Å²) in [5.41, 5.74) is 8.62. The van der Waals surface area contributed by atoms with Crippen molar-refractivity contribution in [2.45, 2.75) is 37.8 Å². The normalized spacial score (nSPS) is 17.8. The van der Waals surface area contributed by atoms with Crippen molar-refractivity contribution in [3.63, 3.8) is 0 Å². The Bertz CT molecular complexity index is 1480. The Labute approximate surface area is 227 Å². The molecule has 2 aromatic heterocycles. The van der Waals surface area contributed by atoms with Gasteiger partial charge >= 0.3 is 0 Å². The van der Waals surface area contributed by atoms with Crippen LogP contribution in [0.15, 0.2) is 73.1 Å². The van der Waals surface area contributed by atoms with Crippen molar-refractivity contribution in [2.75, 3.05) is 32.4 Å². The summed E-state index contributed by atoms with van der Waals surface area (Å²) in [5.74, 6) is 1.93. The lowest BCUT2D eigenvalue weighted by atomic mass is 9.92. The molecule has 0 unspecified atom stereocenters. The fourth-order valence-electron chi connectivity index (χ4n) is 5.30. The third-order valence-electron chi connectivity index (χ3n) is 7.80. The average Bonchev–Trinajstić information content (AvgIpc) is 3.55. The SMILES string of the molecule is CN(CC=CC(=O)N1CC[C@@H](n2nc(-c3ccc(Oc4ccccc4)cc3)c3c(N)ncnc32)C1)C1CCC1. The van der Waals surface area contributed by atoms with E-state index < -0.39 is 0 Å². The van der Waals surface area contributed by atoms with Crippen molar-refractivity contribution in [3.8, 4) is 22.8 Å². The fourth-order valence-corrected chi connectivity index (χ4v) is 5.30. The molecule has 2 fully saturated rings. The lowest BCUT2D eigenvalue weighted by Gasteiger charge is -2.33. The Morgan fingerprint density at radius 2 is 1.85 bits per heavy atom. The summed E-state index contributed by atoms with van der Waals surface area (Å²) >= 11 is 0. The van der Waals surface area contributed by atoms with Gasteiger partial charge in [-0.2, -0.15) is 5.10 Å². The first kappa shape index (κ1) is 25.1. The molecule has 1 amide bonds. The number of carbonyl (C=O) groups is 1. The maximum absolute atomic E-state index is 12.9. The van der Waals surface area contributed by atoms with E-state index in [4.69, 9.17) is 15.6 Å². The third-order valence-corrected chi connectivity index (χ3v) is 7.80.